The van der Waals surface area contributed by atoms with Crippen molar-refractivity contribution in [3.63, 3.8) is 0 Å². The van der Waals surface area contributed by atoms with E-state index in [-0.39, 0.29) is 11.8 Å². The van der Waals surface area contributed by atoms with E-state index in [1.54, 1.807) is 17.0 Å². The largest absolute Gasteiger partial charge is 0.356 e. The zero-order valence-corrected chi connectivity index (χ0v) is 15.5. The Labute approximate surface area is 157 Å². The van der Waals surface area contributed by atoms with Crippen LogP contribution in [0.25, 0.3) is 5.65 Å². The van der Waals surface area contributed by atoms with Crippen molar-refractivity contribution < 1.29 is 4.79 Å². The van der Waals surface area contributed by atoms with Gasteiger partial charge in [0.05, 0.1) is 12.2 Å². The summed E-state index contributed by atoms with van der Waals surface area (Å²) in [5.74, 6) is 1.75. The summed E-state index contributed by atoms with van der Waals surface area (Å²) in [6, 6.07) is 3.87. The highest BCUT2D eigenvalue weighted by Crippen LogP contribution is 2.22. The first-order chi connectivity index (χ1) is 13.2. The van der Waals surface area contributed by atoms with Gasteiger partial charge < -0.3 is 14.8 Å². The van der Waals surface area contributed by atoms with Crippen LogP contribution in [0.15, 0.2) is 30.9 Å². The number of anilines is 1. The Morgan fingerprint density at radius 2 is 2.26 bits per heavy atom. The lowest BCUT2D eigenvalue weighted by atomic mass is 9.97. The third-order valence-electron chi connectivity index (χ3n) is 4.97. The number of amides is 1. The summed E-state index contributed by atoms with van der Waals surface area (Å²) in [6.45, 7) is 5.01. The molecule has 9 heteroatoms. The molecule has 1 amide bonds. The number of nitrogens with zero attached hydrogens (tertiary/aromatic N) is 7. The summed E-state index contributed by atoms with van der Waals surface area (Å²) in [5.41, 5.74) is 0.737. The molecule has 0 aromatic carbocycles. The lowest BCUT2D eigenvalue weighted by molar-refractivity contribution is -0.125. The van der Waals surface area contributed by atoms with Crippen LogP contribution in [0, 0.1) is 12.8 Å². The molecule has 9 nitrogen and oxygen atoms in total. The molecule has 1 aliphatic heterocycles. The summed E-state index contributed by atoms with van der Waals surface area (Å²) in [5, 5.41) is 15.8. The number of nitrogens with one attached hydrogen (secondary N) is 1. The Hall–Kier alpha value is -2.97. The Morgan fingerprint density at radius 1 is 1.33 bits per heavy atom. The minimum atomic E-state index is -0.00787. The van der Waals surface area contributed by atoms with E-state index in [4.69, 9.17) is 0 Å². The van der Waals surface area contributed by atoms with Gasteiger partial charge in [0.15, 0.2) is 11.5 Å². The molecule has 0 unspecified atom stereocenters. The molecule has 0 saturated carbocycles. The summed E-state index contributed by atoms with van der Waals surface area (Å²) in [7, 11) is 0. The van der Waals surface area contributed by atoms with Crippen LogP contribution in [-0.4, -0.2) is 54.9 Å². The predicted octanol–water partition coefficient (Wildman–Crippen LogP) is 1.05. The smallest absolute Gasteiger partial charge is 0.224 e. The number of piperidine rings is 1. The normalized spacial score (nSPS) is 17.4. The van der Waals surface area contributed by atoms with Crippen LogP contribution in [0.5, 0.6) is 0 Å². The van der Waals surface area contributed by atoms with Gasteiger partial charge in [0.25, 0.3) is 0 Å². The second kappa shape index (κ2) is 7.73. The average Bonchev–Trinajstić information content (AvgIpc) is 3.35. The van der Waals surface area contributed by atoms with Gasteiger partial charge in [-0.3, -0.25) is 4.79 Å². The number of imidazole rings is 1. The number of hydrogen-bond donors (Lipinski definition) is 1. The molecular weight excluding hydrogens is 344 g/mol. The molecule has 1 fully saturated rings. The highest BCUT2D eigenvalue weighted by atomic mass is 16.1. The maximum Gasteiger partial charge on any atom is 0.224 e. The highest BCUT2D eigenvalue weighted by Gasteiger charge is 2.26. The summed E-state index contributed by atoms with van der Waals surface area (Å²) in [6.07, 6.45) is 8.28. The van der Waals surface area contributed by atoms with Crippen LogP contribution in [-0.2, 0) is 11.3 Å². The van der Waals surface area contributed by atoms with Gasteiger partial charge in [0, 0.05) is 38.6 Å². The third kappa shape index (κ3) is 3.91. The maximum atomic E-state index is 12.6. The number of aryl methyl sites for hydroxylation is 2. The van der Waals surface area contributed by atoms with Gasteiger partial charge in [-0.1, -0.05) is 0 Å². The van der Waals surface area contributed by atoms with Gasteiger partial charge in [-0.25, -0.2) is 4.98 Å². The fourth-order valence-electron chi connectivity index (χ4n) is 3.49. The van der Waals surface area contributed by atoms with Crippen molar-refractivity contribution in [2.75, 3.05) is 24.5 Å². The molecule has 0 spiro atoms. The molecule has 4 heterocycles. The van der Waals surface area contributed by atoms with E-state index in [2.05, 4.69) is 30.5 Å². The van der Waals surface area contributed by atoms with E-state index in [9.17, 15) is 4.79 Å². The van der Waals surface area contributed by atoms with Crippen molar-refractivity contribution in [1.29, 1.82) is 0 Å². The van der Waals surface area contributed by atoms with Gasteiger partial charge in [0.1, 0.15) is 5.82 Å². The fraction of sp³-hybridized carbons (Fsp3) is 0.500. The van der Waals surface area contributed by atoms with E-state index < -0.39 is 0 Å². The second-order valence-corrected chi connectivity index (χ2v) is 6.94. The zero-order chi connectivity index (χ0) is 18.6. The van der Waals surface area contributed by atoms with Gasteiger partial charge in [-0.15, -0.1) is 15.3 Å². The molecule has 3 aromatic heterocycles. The summed E-state index contributed by atoms with van der Waals surface area (Å²) >= 11 is 0. The van der Waals surface area contributed by atoms with E-state index in [1.165, 1.54) is 0 Å². The van der Waals surface area contributed by atoms with Crippen molar-refractivity contribution in [2.45, 2.75) is 32.7 Å². The molecule has 0 bridgehead atoms. The molecule has 1 saturated heterocycles. The molecule has 3 aromatic rings. The first-order valence-corrected chi connectivity index (χ1v) is 9.38. The Morgan fingerprint density at radius 3 is 3.11 bits per heavy atom. The van der Waals surface area contributed by atoms with Crippen LogP contribution in [0.2, 0.25) is 0 Å². The molecule has 0 aliphatic carbocycles. The first-order valence-electron chi connectivity index (χ1n) is 9.38. The molecule has 142 valence electrons. The topological polar surface area (TPSA) is 93.2 Å². The summed E-state index contributed by atoms with van der Waals surface area (Å²) < 4.78 is 3.76. The second-order valence-electron chi connectivity index (χ2n) is 6.94. The molecule has 1 N–H and O–H groups in total. The molecule has 27 heavy (non-hydrogen) atoms. The first kappa shape index (κ1) is 17.4. The summed E-state index contributed by atoms with van der Waals surface area (Å²) in [4.78, 5) is 18.8. The minimum Gasteiger partial charge on any atom is -0.356 e. The quantitative estimate of drug-likeness (QED) is 0.654. The van der Waals surface area contributed by atoms with E-state index in [0.29, 0.717) is 13.1 Å². The van der Waals surface area contributed by atoms with Crippen molar-refractivity contribution in [2.24, 2.45) is 5.92 Å². The lowest BCUT2D eigenvalue weighted by Gasteiger charge is -2.32. The standard InChI is InChI=1S/C18H24N8O/c1-14-21-22-16-5-6-17(23-26(14)16)25-10-2-4-15(12-25)18(27)20-7-3-9-24-11-8-19-13-24/h5-6,8,11,13,15H,2-4,7,9-10,12H2,1H3,(H,20,27)/t15-/m0/s1. The number of hydrogen-bond acceptors (Lipinski definition) is 6. The van der Waals surface area contributed by atoms with Gasteiger partial charge in [-0.2, -0.15) is 4.52 Å². The minimum absolute atomic E-state index is 0.00787. The van der Waals surface area contributed by atoms with Crippen LogP contribution in [0.4, 0.5) is 5.82 Å². The van der Waals surface area contributed by atoms with E-state index in [0.717, 1.165) is 49.6 Å². The fourth-order valence-corrected chi connectivity index (χ4v) is 3.49. The number of carbonyl (C=O) groups is 1. The van der Waals surface area contributed by atoms with Gasteiger partial charge in [-0.05, 0) is 38.3 Å². The molecular formula is C18H24N8O. The molecule has 1 atom stereocenters. The zero-order valence-electron chi connectivity index (χ0n) is 15.5. The number of carbonyl (C=O) groups excluding carboxylic acids is 1. The Bertz CT molecular complexity index is 903. The van der Waals surface area contributed by atoms with Crippen LogP contribution in [0.1, 0.15) is 25.1 Å². The highest BCUT2D eigenvalue weighted by molar-refractivity contribution is 5.79. The van der Waals surface area contributed by atoms with E-state index in [1.807, 2.05) is 29.8 Å². The SMILES string of the molecule is Cc1nnc2ccc(N3CCC[C@H](C(=O)NCCCn4ccnc4)C3)nn12. The monoisotopic (exact) mass is 368 g/mol. The van der Waals surface area contributed by atoms with Crippen molar-refractivity contribution >= 4 is 17.4 Å². The van der Waals surface area contributed by atoms with Crippen molar-refractivity contribution in [1.82, 2.24) is 34.7 Å². The number of aromatic nitrogens is 6. The predicted molar refractivity (Wildman–Crippen MR) is 100 cm³/mol. The van der Waals surface area contributed by atoms with Crippen LogP contribution in [0.3, 0.4) is 0 Å². The van der Waals surface area contributed by atoms with Gasteiger partial charge in [0.2, 0.25) is 5.91 Å². The maximum absolute atomic E-state index is 12.6. The van der Waals surface area contributed by atoms with E-state index >= 15 is 0 Å². The number of fused-ring (bicyclic) bond motifs is 1. The lowest BCUT2D eigenvalue weighted by Crippen LogP contribution is -2.43. The van der Waals surface area contributed by atoms with Gasteiger partial charge >= 0.3 is 0 Å². The van der Waals surface area contributed by atoms with Crippen LogP contribution >= 0.6 is 0 Å². The van der Waals surface area contributed by atoms with Crippen molar-refractivity contribution in [3.8, 4) is 0 Å². The van der Waals surface area contributed by atoms with Crippen molar-refractivity contribution in [3.05, 3.63) is 36.7 Å². The van der Waals surface area contributed by atoms with Crippen LogP contribution < -0.4 is 10.2 Å². The Kier molecular flexibility index (Phi) is 4.99. The molecule has 1 aliphatic rings. The Balaban J connectivity index is 1.32. The number of rotatable bonds is 6. The average molecular weight is 368 g/mol. The molecule has 4 rings (SSSR count). The molecule has 0 radical (unpaired) electrons. The third-order valence-corrected chi connectivity index (χ3v) is 4.97.